The molecule has 25 nitrogen and oxygen atoms in total. The number of amides is 2. The summed E-state index contributed by atoms with van der Waals surface area (Å²) in [4.78, 5) is 103. The van der Waals surface area contributed by atoms with Crippen LogP contribution in [0.2, 0.25) is 0 Å². The molecule has 3 heterocycles. The highest BCUT2D eigenvalue weighted by Crippen LogP contribution is 2.43. The van der Waals surface area contributed by atoms with Gasteiger partial charge in [0.15, 0.2) is 32.3 Å². The molecule has 1 aliphatic heterocycles. The van der Waals surface area contributed by atoms with Gasteiger partial charge < -0.3 is 57.5 Å². The normalized spacial score (nSPS) is 14.2. The lowest BCUT2D eigenvalue weighted by Gasteiger charge is -2.35. The number of ketones is 1. The van der Waals surface area contributed by atoms with Gasteiger partial charge in [-0.25, -0.2) is 22.6 Å². The van der Waals surface area contributed by atoms with E-state index in [-0.39, 0.29) is 59.1 Å². The van der Waals surface area contributed by atoms with E-state index in [0.717, 1.165) is 73.1 Å². The number of ether oxygens (including phenoxy) is 5. The van der Waals surface area contributed by atoms with Gasteiger partial charge in [-0.15, -0.1) is 11.6 Å². The van der Waals surface area contributed by atoms with Crippen molar-refractivity contribution in [2.75, 3.05) is 81.0 Å². The summed E-state index contributed by atoms with van der Waals surface area (Å²) in [5.41, 5.74) is 0.758. The minimum Gasteiger partial charge on any atom is -0.778 e. The lowest BCUT2D eigenvalue weighted by atomic mass is 10.0. The number of halogens is 9. The number of methoxy groups -OCH3 is 2. The van der Waals surface area contributed by atoms with Crippen LogP contribution in [0.3, 0.4) is 0 Å². The van der Waals surface area contributed by atoms with Crippen LogP contribution in [0.15, 0.2) is 134 Å². The van der Waals surface area contributed by atoms with E-state index < -0.39 is 98.7 Å². The molecule has 1 aliphatic carbocycles. The quantitative estimate of drug-likeness (QED) is 0.0134. The van der Waals surface area contributed by atoms with E-state index in [1.54, 1.807) is 23.8 Å². The second-order valence-corrected chi connectivity index (χ2v) is 32.1. The molecule has 4 unspecified atom stereocenters. The monoisotopic (exact) mass is 1650 g/mol. The fourth-order valence-corrected chi connectivity index (χ4v) is 11.8. The molecule has 598 valence electrons. The number of sulfone groups is 1. The Hall–Kier alpha value is -8.24. The van der Waals surface area contributed by atoms with E-state index in [1.807, 2.05) is 87.6 Å². The Morgan fingerprint density at radius 3 is 2.04 bits per heavy atom. The summed E-state index contributed by atoms with van der Waals surface area (Å²) < 4.78 is 144. The summed E-state index contributed by atoms with van der Waals surface area (Å²) in [6.07, 6.45) is 0.700. The Morgan fingerprint density at radius 2 is 1.50 bits per heavy atom. The third kappa shape index (κ3) is 28.2. The van der Waals surface area contributed by atoms with Crippen molar-refractivity contribution in [2.24, 2.45) is 7.05 Å². The number of rotatable bonds is 23. The van der Waals surface area contributed by atoms with Gasteiger partial charge in [-0.05, 0) is 142 Å². The van der Waals surface area contributed by atoms with Gasteiger partial charge in [-0.1, -0.05) is 84.7 Å². The number of carboxylic acid groups (broad SMARTS) is 1. The van der Waals surface area contributed by atoms with E-state index in [9.17, 15) is 77.8 Å². The number of hydrogen-bond donors (Lipinski definition) is 3. The number of aromatic nitrogens is 3. The number of para-hydroxylation sites is 3. The van der Waals surface area contributed by atoms with E-state index in [4.69, 9.17) is 73.0 Å². The minimum absolute atomic E-state index is 0.0223. The van der Waals surface area contributed by atoms with Crippen molar-refractivity contribution in [3.63, 3.8) is 0 Å². The Labute approximate surface area is 644 Å². The van der Waals surface area contributed by atoms with Gasteiger partial charge in [0, 0.05) is 43.5 Å². The molecule has 1 saturated carbocycles. The van der Waals surface area contributed by atoms with Gasteiger partial charge in [0.2, 0.25) is 5.91 Å². The minimum atomic E-state index is -4.84. The summed E-state index contributed by atoms with van der Waals surface area (Å²) in [6.45, 7) is 12.1. The average molecular weight is 1650 g/mol. The predicted octanol–water partition coefficient (Wildman–Crippen LogP) is 11.3. The summed E-state index contributed by atoms with van der Waals surface area (Å²) in [6, 6.07) is 27.0. The van der Waals surface area contributed by atoms with Crippen LogP contribution in [-0.4, -0.2) is 156 Å². The zero-order valence-corrected chi connectivity index (χ0v) is 66.5. The molecular weight excluding hydrogens is 1570 g/mol. The Morgan fingerprint density at radius 1 is 0.872 bits per heavy atom. The number of hydrogen-bond acceptors (Lipinski definition) is 19. The fourth-order valence-electron chi connectivity index (χ4n) is 10.2. The molecule has 7 aromatic rings. The Balaban J connectivity index is 0.000000300. The van der Waals surface area contributed by atoms with Crippen LogP contribution < -0.4 is 45.5 Å². The van der Waals surface area contributed by atoms with Crippen LogP contribution in [0.25, 0.3) is 5.69 Å². The number of nitrogens with one attached hydrogen (secondary N) is 1. The maximum absolute atomic E-state index is 13.1. The van der Waals surface area contributed by atoms with Crippen LogP contribution in [0, 0.1) is 6.92 Å². The van der Waals surface area contributed by atoms with Gasteiger partial charge in [-0.3, -0.25) is 33.9 Å². The molecule has 0 saturated heterocycles. The molecule has 0 spiro atoms. The molecule has 2 aromatic heterocycles. The SMILES string of the molecule is CC1COc2ccccc2N1C(=O)C(Cl)Cl.CCc1ccc(COc2ccc(-n3c(=O)cc(C(F)(F)F)n(C)c3=O)cc2)c(OC(C)C(=O)OC)c1.CCc1cccc(C)c1N(C(=O)CCl)C(C)COC.CS(=O)(=O)c1cc(C(F)(F)F)ccc1C(=O)c1cnoc1C1CC1.C[S+](C)C.O=C(O)CNCP(=O)([O-])O. The maximum Gasteiger partial charge on any atom is 0.431 e. The number of carbonyl (C=O) groups excluding carboxylic acids is 4. The third-order valence-corrected chi connectivity index (χ3v) is 17.8. The van der Waals surface area contributed by atoms with Gasteiger partial charge >= 0.3 is 30.0 Å². The molecule has 4 atom stereocenters. The smallest absolute Gasteiger partial charge is 0.431 e. The first-order valence-electron chi connectivity index (χ1n) is 33.0. The van der Waals surface area contributed by atoms with Crippen LogP contribution in [0.4, 0.5) is 37.7 Å². The number of carboxylic acids is 1. The van der Waals surface area contributed by atoms with Crippen LogP contribution in [0.1, 0.15) is 109 Å². The number of alkyl halides is 9. The van der Waals surface area contributed by atoms with Crippen LogP contribution in [0.5, 0.6) is 17.2 Å². The van der Waals surface area contributed by atoms with Crippen LogP contribution >= 0.6 is 42.4 Å². The van der Waals surface area contributed by atoms with Crippen molar-refractivity contribution >= 4 is 104 Å². The molecule has 5 aromatic carbocycles. The Bertz CT molecular complexity index is 4540. The summed E-state index contributed by atoms with van der Waals surface area (Å²) in [5, 5.41) is 13.5. The highest BCUT2D eigenvalue weighted by atomic mass is 35.5. The zero-order chi connectivity index (χ0) is 82.2. The Kier molecular flexibility index (Phi) is 36.1. The number of aliphatic carboxylic acids is 1. The van der Waals surface area contributed by atoms with Crippen molar-refractivity contribution < 1.29 is 106 Å². The van der Waals surface area contributed by atoms with Gasteiger partial charge in [0.25, 0.3) is 11.5 Å². The molecular formula is C72H86Cl3F6N6O19PS2. The molecule has 109 heavy (non-hydrogen) atoms. The second-order valence-electron chi connectivity index (χ2n) is 24.7. The summed E-state index contributed by atoms with van der Waals surface area (Å²) in [5.74, 6) is -0.923. The van der Waals surface area contributed by atoms with Crippen molar-refractivity contribution in [3.05, 3.63) is 187 Å². The van der Waals surface area contributed by atoms with E-state index in [0.29, 0.717) is 80.0 Å². The number of anilines is 2. The predicted molar refractivity (Wildman–Crippen MR) is 401 cm³/mol. The van der Waals surface area contributed by atoms with Gasteiger partial charge in [-0.2, -0.15) is 26.3 Å². The van der Waals surface area contributed by atoms with Crippen molar-refractivity contribution in [3.8, 4) is 22.9 Å². The lowest BCUT2D eigenvalue weighted by molar-refractivity contribution is -0.193. The summed E-state index contributed by atoms with van der Waals surface area (Å²) >= 11 is 17.0. The molecule has 3 N–H and O–H groups in total. The van der Waals surface area contributed by atoms with Crippen LogP contribution in [-0.2, 0) is 92.8 Å². The number of esters is 1. The highest BCUT2D eigenvalue weighted by molar-refractivity contribution is 7.94. The third-order valence-electron chi connectivity index (χ3n) is 15.5. The van der Waals surface area contributed by atoms with Crippen molar-refractivity contribution in [1.82, 2.24) is 19.6 Å². The van der Waals surface area contributed by atoms with Gasteiger partial charge in [0.1, 0.15) is 49.6 Å². The average Bonchev–Trinajstić information content (AvgIpc) is 1.73. The number of carbonyl (C=O) groups is 5. The zero-order valence-electron chi connectivity index (χ0n) is 61.7. The molecule has 9 rings (SSSR count). The number of fused-ring (bicyclic) bond motifs is 1. The highest BCUT2D eigenvalue weighted by Gasteiger charge is 2.38. The number of nitrogens with zero attached hydrogens (tertiary/aromatic N) is 5. The molecule has 0 radical (unpaired) electrons. The second kappa shape index (κ2) is 42.2. The number of aryl methyl sites for hydroxylation is 3. The lowest BCUT2D eigenvalue weighted by Crippen LogP contribution is -2.47. The van der Waals surface area contributed by atoms with E-state index in [2.05, 4.69) is 36.9 Å². The first kappa shape index (κ1) is 93.1. The number of benzene rings is 5. The van der Waals surface area contributed by atoms with Crippen molar-refractivity contribution in [1.29, 1.82) is 0 Å². The topological polar surface area (TPSA) is 335 Å². The summed E-state index contributed by atoms with van der Waals surface area (Å²) in [7, 11) is -3.89. The molecule has 2 amide bonds. The van der Waals surface area contributed by atoms with E-state index in [1.165, 1.54) is 37.6 Å². The van der Waals surface area contributed by atoms with Gasteiger partial charge in [0.05, 0.1) is 96.7 Å². The van der Waals surface area contributed by atoms with E-state index >= 15 is 0 Å². The standard InChI is InChI=1S/C25H25F3N2O6.C15H22ClNO2.C15H12F3NO4S.C11H11Cl2NO2.C3H8NO5P.C3H9S/c1-5-16-6-7-17(20(12-16)36-15(2)23(32)34-4)14-35-19-10-8-18(9-11-19)30-22(31)13-21(25(26,27)28)29(3)24(30)33;1-5-13-8-6-7-11(2)15(13)17(14(18)9-16)12(3)10-19-4;1-24(21,22)12-6-9(15(16,17)18)4-5-10(12)13(20)11-7-19-23-14(11)8-2-3-8;1-7-6-16-9-5-3-2-4-8(9)14(7)11(15)10(12)13;5-3(6)1-4-2-10(7,8)9;1-4(2)3/h6-13,15H,5,14H2,1-4H3;6-8,12H,5,9-10H2,1-4H3;4-8H,2-3H2,1H3;2-5,7,10H,6H2,1H3;4H,1-2H2,(H,5,6)(H2,7,8,9);1-3H3/q;;;;;+1/p-1. The van der Waals surface area contributed by atoms with Crippen molar-refractivity contribution in [2.45, 2.75) is 120 Å². The first-order chi connectivity index (χ1) is 50.9. The first-order valence-corrected chi connectivity index (χ1v) is 40.5. The molecule has 2 aliphatic rings. The molecule has 1 fully saturated rings. The molecule has 0 bridgehead atoms. The largest absolute Gasteiger partial charge is 0.778 e. The maximum atomic E-state index is 13.1. The fraction of sp³-hybridized carbons (Fsp3) is 0.417. The molecule has 37 heteroatoms.